The van der Waals surface area contributed by atoms with E-state index in [1.54, 1.807) is 24.1 Å². The third-order valence-corrected chi connectivity index (χ3v) is 4.79. The van der Waals surface area contributed by atoms with E-state index in [2.05, 4.69) is 9.97 Å². The van der Waals surface area contributed by atoms with Crippen LogP contribution in [0.2, 0.25) is 0 Å². The number of H-pyrrole nitrogens is 1. The van der Waals surface area contributed by atoms with E-state index >= 15 is 0 Å². The molecule has 6 nitrogen and oxygen atoms in total. The fraction of sp³-hybridized carbons (Fsp3) is 0.286. The fourth-order valence-electron chi connectivity index (χ4n) is 3.23. The summed E-state index contributed by atoms with van der Waals surface area (Å²) >= 11 is 0. The van der Waals surface area contributed by atoms with E-state index in [1.807, 2.05) is 36.4 Å². The molecule has 0 aliphatic heterocycles. The van der Waals surface area contributed by atoms with Crippen molar-refractivity contribution in [2.45, 2.75) is 25.9 Å². The van der Waals surface area contributed by atoms with Crippen LogP contribution < -0.4 is 10.3 Å². The van der Waals surface area contributed by atoms with Crippen molar-refractivity contribution < 1.29 is 9.53 Å². The Bertz CT molecular complexity index is 1040. The molecule has 0 bridgehead atoms. The van der Waals surface area contributed by atoms with Gasteiger partial charge in [0.1, 0.15) is 11.6 Å². The Morgan fingerprint density at radius 2 is 1.89 bits per heavy atom. The zero-order valence-electron chi connectivity index (χ0n) is 15.1. The van der Waals surface area contributed by atoms with Crippen LogP contribution in [-0.4, -0.2) is 27.9 Å². The van der Waals surface area contributed by atoms with Crippen molar-refractivity contribution >= 4 is 16.8 Å². The van der Waals surface area contributed by atoms with Crippen LogP contribution in [0.3, 0.4) is 0 Å². The van der Waals surface area contributed by atoms with Gasteiger partial charge in [-0.3, -0.25) is 9.59 Å². The number of nitrogens with zero attached hydrogens (tertiary/aromatic N) is 2. The number of carbonyl (C=O) groups is 1. The Labute approximate surface area is 156 Å². The van der Waals surface area contributed by atoms with Crippen LogP contribution >= 0.6 is 0 Å². The molecule has 1 aliphatic rings. The molecule has 1 fully saturated rings. The number of fused-ring (bicyclic) bond motifs is 1. The van der Waals surface area contributed by atoms with E-state index in [0.717, 1.165) is 24.2 Å². The van der Waals surface area contributed by atoms with Crippen molar-refractivity contribution in [1.82, 2.24) is 14.9 Å². The lowest BCUT2D eigenvalue weighted by atomic mass is 10.1. The molecule has 1 aliphatic carbocycles. The van der Waals surface area contributed by atoms with Crippen molar-refractivity contribution in [3.63, 3.8) is 0 Å². The van der Waals surface area contributed by atoms with Crippen LogP contribution in [0.25, 0.3) is 10.9 Å². The molecular weight excluding hydrogens is 342 g/mol. The van der Waals surface area contributed by atoms with Crippen LogP contribution in [-0.2, 0) is 17.9 Å². The second kappa shape index (κ2) is 7.23. The van der Waals surface area contributed by atoms with Crippen molar-refractivity contribution in [3.8, 4) is 5.75 Å². The quantitative estimate of drug-likeness (QED) is 0.731. The Morgan fingerprint density at radius 3 is 2.67 bits per heavy atom. The summed E-state index contributed by atoms with van der Waals surface area (Å²) in [4.78, 5) is 34.3. The number of hydrogen-bond donors (Lipinski definition) is 1. The Kier molecular flexibility index (Phi) is 4.62. The van der Waals surface area contributed by atoms with Crippen molar-refractivity contribution in [3.05, 3.63) is 70.3 Å². The summed E-state index contributed by atoms with van der Waals surface area (Å²) in [7, 11) is 1.62. The number of carbonyl (C=O) groups excluding carboxylic acids is 1. The zero-order chi connectivity index (χ0) is 18.8. The third-order valence-electron chi connectivity index (χ3n) is 4.79. The number of benzene rings is 2. The lowest BCUT2D eigenvalue weighted by molar-refractivity contribution is -0.134. The van der Waals surface area contributed by atoms with E-state index in [4.69, 9.17) is 4.74 Å². The number of para-hydroxylation sites is 2. The van der Waals surface area contributed by atoms with Crippen LogP contribution in [0.1, 0.15) is 24.2 Å². The van der Waals surface area contributed by atoms with Crippen molar-refractivity contribution in [1.29, 1.82) is 0 Å². The molecule has 3 aromatic rings. The molecule has 6 heteroatoms. The molecule has 0 spiro atoms. The minimum absolute atomic E-state index is 0.0758. The average molecular weight is 363 g/mol. The highest BCUT2D eigenvalue weighted by Crippen LogP contribution is 2.32. The molecule has 138 valence electrons. The molecule has 1 aromatic heterocycles. The molecule has 0 radical (unpaired) electrons. The van der Waals surface area contributed by atoms with Gasteiger partial charge in [0.05, 0.1) is 24.6 Å². The lowest BCUT2D eigenvalue weighted by Gasteiger charge is -2.23. The molecular formula is C21H21N3O3. The standard InChI is InChI=1S/C21H21N3O3/c1-27-18-9-5-2-6-15(18)12-24(21(26)14-10-11-14)13-19-22-17-8-4-3-7-16(17)20(25)23-19/h2-9,14H,10-13H2,1H3,(H,22,23,25). The highest BCUT2D eigenvalue weighted by Gasteiger charge is 2.34. The first-order chi connectivity index (χ1) is 13.2. The van der Waals surface area contributed by atoms with Gasteiger partial charge in [0.15, 0.2) is 0 Å². The first kappa shape index (κ1) is 17.3. The molecule has 0 atom stereocenters. The minimum Gasteiger partial charge on any atom is -0.496 e. The summed E-state index contributed by atoms with van der Waals surface area (Å²) in [6.45, 7) is 0.670. The molecule has 1 amide bonds. The van der Waals surface area contributed by atoms with Gasteiger partial charge in [-0.15, -0.1) is 0 Å². The van der Waals surface area contributed by atoms with Gasteiger partial charge in [-0.1, -0.05) is 30.3 Å². The van der Waals surface area contributed by atoms with E-state index in [1.165, 1.54) is 0 Å². The Morgan fingerprint density at radius 1 is 1.15 bits per heavy atom. The summed E-state index contributed by atoms with van der Waals surface area (Å²) in [5.41, 5.74) is 1.37. The molecule has 0 unspecified atom stereocenters. The largest absolute Gasteiger partial charge is 0.496 e. The fourth-order valence-corrected chi connectivity index (χ4v) is 3.23. The maximum absolute atomic E-state index is 12.8. The van der Waals surface area contributed by atoms with Gasteiger partial charge >= 0.3 is 0 Å². The maximum Gasteiger partial charge on any atom is 0.258 e. The number of nitrogens with one attached hydrogen (secondary N) is 1. The number of aromatic nitrogens is 2. The molecule has 2 aromatic carbocycles. The number of aromatic amines is 1. The number of ether oxygens (including phenoxy) is 1. The van der Waals surface area contributed by atoms with Crippen molar-refractivity contribution in [2.75, 3.05) is 7.11 Å². The highest BCUT2D eigenvalue weighted by molar-refractivity contribution is 5.81. The first-order valence-corrected chi connectivity index (χ1v) is 9.04. The average Bonchev–Trinajstić information content (AvgIpc) is 3.53. The van der Waals surface area contributed by atoms with E-state index in [0.29, 0.717) is 23.3 Å². The minimum atomic E-state index is -0.188. The van der Waals surface area contributed by atoms with E-state index in [9.17, 15) is 9.59 Å². The molecule has 1 N–H and O–H groups in total. The molecule has 4 rings (SSSR count). The Hall–Kier alpha value is -3.15. The maximum atomic E-state index is 12.8. The number of hydrogen-bond acceptors (Lipinski definition) is 4. The Balaban J connectivity index is 1.65. The van der Waals surface area contributed by atoms with Crippen molar-refractivity contribution in [2.24, 2.45) is 5.92 Å². The van der Waals surface area contributed by atoms with Gasteiger partial charge in [-0.25, -0.2) is 4.98 Å². The van der Waals surface area contributed by atoms with E-state index < -0.39 is 0 Å². The third kappa shape index (κ3) is 3.69. The number of methoxy groups -OCH3 is 1. The molecule has 27 heavy (non-hydrogen) atoms. The summed E-state index contributed by atoms with van der Waals surface area (Å²) in [6.07, 6.45) is 1.84. The predicted molar refractivity (Wildman–Crippen MR) is 102 cm³/mol. The number of rotatable bonds is 6. The summed E-state index contributed by atoms with van der Waals surface area (Å²) in [5, 5.41) is 0.547. The second-order valence-corrected chi connectivity index (χ2v) is 6.81. The molecule has 0 saturated heterocycles. The molecule has 1 heterocycles. The zero-order valence-corrected chi connectivity index (χ0v) is 15.1. The molecule has 1 saturated carbocycles. The smallest absolute Gasteiger partial charge is 0.258 e. The van der Waals surface area contributed by atoms with Gasteiger partial charge in [0, 0.05) is 18.0 Å². The van der Waals surface area contributed by atoms with Gasteiger partial charge in [0.2, 0.25) is 5.91 Å². The summed E-state index contributed by atoms with van der Waals surface area (Å²) in [5.74, 6) is 1.40. The SMILES string of the molecule is COc1ccccc1CN(Cc1nc2ccccc2c(=O)[nH]1)C(=O)C1CC1. The van der Waals surface area contributed by atoms with Gasteiger partial charge < -0.3 is 14.6 Å². The first-order valence-electron chi connectivity index (χ1n) is 9.04. The monoisotopic (exact) mass is 363 g/mol. The normalized spacial score (nSPS) is 13.5. The van der Waals surface area contributed by atoms with Gasteiger partial charge in [0.25, 0.3) is 5.56 Å². The second-order valence-electron chi connectivity index (χ2n) is 6.81. The van der Waals surface area contributed by atoms with Crippen LogP contribution in [0.5, 0.6) is 5.75 Å². The van der Waals surface area contributed by atoms with Gasteiger partial charge in [-0.05, 0) is 31.0 Å². The van der Waals surface area contributed by atoms with Crippen LogP contribution in [0.4, 0.5) is 0 Å². The van der Waals surface area contributed by atoms with Crippen LogP contribution in [0, 0.1) is 5.92 Å². The lowest BCUT2D eigenvalue weighted by Crippen LogP contribution is -2.33. The van der Waals surface area contributed by atoms with E-state index in [-0.39, 0.29) is 23.9 Å². The summed E-state index contributed by atoms with van der Waals surface area (Å²) in [6, 6.07) is 14.9. The topological polar surface area (TPSA) is 75.3 Å². The highest BCUT2D eigenvalue weighted by atomic mass is 16.5. The predicted octanol–water partition coefficient (Wildman–Crippen LogP) is 2.87. The number of amides is 1. The summed E-state index contributed by atoms with van der Waals surface area (Å²) < 4.78 is 5.42. The van der Waals surface area contributed by atoms with Crippen LogP contribution in [0.15, 0.2) is 53.3 Å². The van der Waals surface area contributed by atoms with Gasteiger partial charge in [-0.2, -0.15) is 0 Å².